The maximum atomic E-state index is 11.7. The first-order chi connectivity index (χ1) is 8.50. The molecule has 2 atom stereocenters. The molecular formula is C13H23NO4. The normalized spacial score (nSPS) is 27.8. The second-order valence-corrected chi connectivity index (χ2v) is 5.18. The molecule has 104 valence electrons. The molecule has 0 aromatic rings. The van der Waals surface area contributed by atoms with Gasteiger partial charge in [-0.25, -0.2) is 0 Å². The fraction of sp³-hybridized carbons (Fsp3) is 0.846. The second kappa shape index (κ2) is 6.73. The number of carbonyl (C=O) groups excluding carboxylic acids is 1. The Hall–Kier alpha value is -1.10. The lowest BCUT2D eigenvalue weighted by atomic mass is 9.71. The highest BCUT2D eigenvalue weighted by atomic mass is 16.5. The smallest absolute Gasteiger partial charge is 0.311 e. The zero-order valence-corrected chi connectivity index (χ0v) is 11.2. The molecule has 1 amide bonds. The number of carboxylic acid groups (broad SMARTS) is 1. The molecule has 0 spiro atoms. The quantitative estimate of drug-likeness (QED) is 0.708. The van der Waals surface area contributed by atoms with E-state index in [9.17, 15) is 14.7 Å². The van der Waals surface area contributed by atoms with Crippen LogP contribution in [0.5, 0.6) is 0 Å². The molecule has 1 aliphatic carbocycles. The van der Waals surface area contributed by atoms with E-state index in [2.05, 4.69) is 5.32 Å². The number of rotatable bonds is 6. The number of amides is 1. The summed E-state index contributed by atoms with van der Waals surface area (Å²) in [5, 5.41) is 12.2. The van der Waals surface area contributed by atoms with Crippen LogP contribution < -0.4 is 5.32 Å². The van der Waals surface area contributed by atoms with E-state index in [0.717, 1.165) is 19.3 Å². The predicted octanol–water partition coefficient (Wildman–Crippen LogP) is 1.56. The Morgan fingerprint density at radius 2 is 2.17 bits per heavy atom. The van der Waals surface area contributed by atoms with Crippen molar-refractivity contribution in [3.05, 3.63) is 0 Å². The van der Waals surface area contributed by atoms with Gasteiger partial charge in [-0.15, -0.1) is 0 Å². The van der Waals surface area contributed by atoms with Gasteiger partial charge in [-0.05, 0) is 26.2 Å². The number of nitrogens with one attached hydrogen (secondary N) is 1. The second-order valence-electron chi connectivity index (χ2n) is 5.18. The summed E-state index contributed by atoms with van der Waals surface area (Å²) < 4.78 is 4.89. The van der Waals surface area contributed by atoms with Crippen LogP contribution in [0.15, 0.2) is 0 Å². The Kier molecular flexibility index (Phi) is 5.59. The minimum atomic E-state index is -0.824. The number of carboxylic acids is 1. The summed E-state index contributed by atoms with van der Waals surface area (Å²) >= 11 is 0. The van der Waals surface area contributed by atoms with Crippen molar-refractivity contribution >= 4 is 11.9 Å². The summed E-state index contributed by atoms with van der Waals surface area (Å²) in [5.41, 5.74) is -0.824. The summed E-state index contributed by atoms with van der Waals surface area (Å²) in [4.78, 5) is 23.1. The molecule has 2 unspecified atom stereocenters. The van der Waals surface area contributed by atoms with Crippen LogP contribution >= 0.6 is 0 Å². The van der Waals surface area contributed by atoms with Gasteiger partial charge in [0.05, 0.1) is 5.41 Å². The number of hydrogen-bond donors (Lipinski definition) is 2. The molecule has 0 aromatic carbocycles. The molecule has 5 nitrogen and oxygen atoms in total. The topological polar surface area (TPSA) is 75.6 Å². The Balaban J connectivity index is 2.52. The van der Waals surface area contributed by atoms with Crippen LogP contribution in [0.25, 0.3) is 0 Å². The molecule has 1 aliphatic rings. The van der Waals surface area contributed by atoms with Gasteiger partial charge in [-0.3, -0.25) is 9.59 Å². The number of ether oxygens (including phenoxy) is 1. The largest absolute Gasteiger partial charge is 0.481 e. The van der Waals surface area contributed by atoms with Crippen LogP contribution in [0.4, 0.5) is 0 Å². The Bertz CT molecular complexity index is 305. The van der Waals surface area contributed by atoms with Crippen molar-refractivity contribution in [2.45, 2.75) is 51.5 Å². The van der Waals surface area contributed by atoms with Crippen LogP contribution in [-0.4, -0.2) is 36.7 Å². The van der Waals surface area contributed by atoms with Gasteiger partial charge in [-0.1, -0.05) is 12.8 Å². The van der Waals surface area contributed by atoms with E-state index in [1.165, 1.54) is 0 Å². The Labute approximate surface area is 108 Å². The monoisotopic (exact) mass is 257 g/mol. The molecule has 0 heterocycles. The van der Waals surface area contributed by atoms with Crippen molar-refractivity contribution in [3.63, 3.8) is 0 Å². The molecule has 1 saturated carbocycles. The van der Waals surface area contributed by atoms with E-state index in [-0.39, 0.29) is 11.9 Å². The zero-order valence-electron chi connectivity index (χ0n) is 11.2. The van der Waals surface area contributed by atoms with Crippen molar-refractivity contribution in [1.29, 1.82) is 0 Å². The lowest BCUT2D eigenvalue weighted by Crippen LogP contribution is -2.52. The first-order valence-electron chi connectivity index (χ1n) is 6.52. The minimum absolute atomic E-state index is 0.0774. The molecule has 0 aliphatic heterocycles. The SMILES string of the molecule is COCCCC(=O)NC1CCCCC1(C)C(=O)O. The van der Waals surface area contributed by atoms with Crippen molar-refractivity contribution in [2.75, 3.05) is 13.7 Å². The molecule has 0 bridgehead atoms. The number of aliphatic carboxylic acids is 1. The van der Waals surface area contributed by atoms with Crippen molar-refractivity contribution in [2.24, 2.45) is 5.41 Å². The van der Waals surface area contributed by atoms with Gasteiger partial charge in [-0.2, -0.15) is 0 Å². The molecule has 0 aromatic heterocycles. The summed E-state index contributed by atoms with van der Waals surface area (Å²) in [6.45, 7) is 2.28. The van der Waals surface area contributed by atoms with E-state index < -0.39 is 11.4 Å². The van der Waals surface area contributed by atoms with Gasteiger partial charge in [0.15, 0.2) is 0 Å². The average molecular weight is 257 g/mol. The fourth-order valence-corrected chi connectivity index (χ4v) is 2.46. The van der Waals surface area contributed by atoms with Crippen LogP contribution in [0, 0.1) is 5.41 Å². The van der Waals surface area contributed by atoms with Gasteiger partial charge in [0.1, 0.15) is 0 Å². The van der Waals surface area contributed by atoms with Crippen molar-refractivity contribution in [3.8, 4) is 0 Å². The minimum Gasteiger partial charge on any atom is -0.481 e. The Morgan fingerprint density at radius 3 is 2.78 bits per heavy atom. The highest BCUT2D eigenvalue weighted by Crippen LogP contribution is 2.36. The van der Waals surface area contributed by atoms with Gasteiger partial charge in [0.25, 0.3) is 0 Å². The van der Waals surface area contributed by atoms with Gasteiger partial charge < -0.3 is 15.2 Å². The summed E-state index contributed by atoms with van der Waals surface area (Å²) in [6, 6.07) is -0.251. The number of carbonyl (C=O) groups is 2. The van der Waals surface area contributed by atoms with Crippen LogP contribution in [-0.2, 0) is 14.3 Å². The molecule has 5 heteroatoms. The Morgan fingerprint density at radius 1 is 1.44 bits per heavy atom. The summed E-state index contributed by atoms with van der Waals surface area (Å²) in [7, 11) is 1.60. The van der Waals surface area contributed by atoms with Crippen LogP contribution in [0.2, 0.25) is 0 Å². The maximum Gasteiger partial charge on any atom is 0.311 e. The van der Waals surface area contributed by atoms with Crippen LogP contribution in [0.1, 0.15) is 45.4 Å². The van der Waals surface area contributed by atoms with Crippen molar-refractivity contribution < 1.29 is 19.4 Å². The molecule has 1 fully saturated rings. The highest BCUT2D eigenvalue weighted by Gasteiger charge is 2.43. The molecule has 0 saturated heterocycles. The molecular weight excluding hydrogens is 234 g/mol. The third-order valence-electron chi connectivity index (χ3n) is 3.78. The molecule has 18 heavy (non-hydrogen) atoms. The lowest BCUT2D eigenvalue weighted by molar-refractivity contribution is -0.152. The van der Waals surface area contributed by atoms with E-state index in [1.54, 1.807) is 14.0 Å². The average Bonchev–Trinajstić information content (AvgIpc) is 2.32. The van der Waals surface area contributed by atoms with E-state index in [1.807, 2.05) is 0 Å². The fourth-order valence-electron chi connectivity index (χ4n) is 2.46. The summed E-state index contributed by atoms with van der Waals surface area (Å²) in [5.74, 6) is -0.893. The van der Waals surface area contributed by atoms with E-state index in [0.29, 0.717) is 25.9 Å². The molecule has 2 N–H and O–H groups in total. The summed E-state index contributed by atoms with van der Waals surface area (Å²) in [6.07, 6.45) is 4.33. The maximum absolute atomic E-state index is 11.7. The third-order valence-corrected chi connectivity index (χ3v) is 3.78. The zero-order chi connectivity index (χ0) is 13.6. The molecule has 1 rings (SSSR count). The third kappa shape index (κ3) is 3.70. The van der Waals surface area contributed by atoms with E-state index >= 15 is 0 Å². The van der Waals surface area contributed by atoms with Crippen LogP contribution in [0.3, 0.4) is 0 Å². The van der Waals surface area contributed by atoms with Gasteiger partial charge in [0.2, 0.25) is 5.91 Å². The first-order valence-corrected chi connectivity index (χ1v) is 6.52. The highest BCUT2D eigenvalue weighted by molar-refractivity contribution is 5.79. The van der Waals surface area contributed by atoms with E-state index in [4.69, 9.17) is 4.74 Å². The van der Waals surface area contributed by atoms with Gasteiger partial charge >= 0.3 is 5.97 Å². The predicted molar refractivity (Wildman–Crippen MR) is 67.3 cm³/mol. The standard InChI is InChI=1S/C13H23NO4/c1-13(12(16)17)8-4-3-6-10(13)14-11(15)7-5-9-18-2/h10H,3-9H2,1-2H3,(H,14,15)(H,16,17). The number of methoxy groups -OCH3 is 1. The van der Waals surface area contributed by atoms with Gasteiger partial charge in [0, 0.05) is 26.2 Å². The van der Waals surface area contributed by atoms with Crippen molar-refractivity contribution in [1.82, 2.24) is 5.32 Å². The lowest BCUT2D eigenvalue weighted by Gasteiger charge is -2.38. The number of hydrogen-bond acceptors (Lipinski definition) is 3. The first kappa shape index (κ1) is 15.0. The molecule has 0 radical (unpaired) electrons.